The van der Waals surface area contributed by atoms with E-state index >= 15 is 0 Å². The summed E-state index contributed by atoms with van der Waals surface area (Å²) >= 11 is 4.02. The second kappa shape index (κ2) is 5.23. The van der Waals surface area contributed by atoms with Crippen LogP contribution in [0.25, 0.3) is 0 Å². The van der Waals surface area contributed by atoms with Crippen LogP contribution < -0.4 is 10.6 Å². The molecule has 1 aromatic carbocycles. The van der Waals surface area contributed by atoms with Crippen molar-refractivity contribution in [2.24, 2.45) is 0 Å². The predicted molar refractivity (Wildman–Crippen MR) is 67.9 cm³/mol. The fraction of sp³-hybridized carbons (Fsp3) is 0.333. The molecule has 1 aromatic rings. The van der Waals surface area contributed by atoms with Crippen molar-refractivity contribution in [1.29, 1.82) is 0 Å². The Morgan fingerprint density at radius 1 is 1.00 bits per heavy atom. The first-order valence-corrected chi connectivity index (χ1v) is 6.09. The minimum atomic E-state index is -0.516. The van der Waals surface area contributed by atoms with E-state index in [2.05, 4.69) is 23.3 Å². The number of piperazine rings is 1. The minimum Gasteiger partial charge on any atom is -0.342 e. The standard InChI is InChI=1S/C12H14N2O2S/c15-11-9(6-8-4-2-1-3-5-8)13-12(16)10(7-17)14-11/h1-5,9-10,17H,6-7H2,(H,13,16)(H,14,15)/t9?,10-/m0/s1. The van der Waals surface area contributed by atoms with Crippen molar-refractivity contribution in [3.63, 3.8) is 0 Å². The van der Waals surface area contributed by atoms with Crippen LogP contribution in [0.3, 0.4) is 0 Å². The van der Waals surface area contributed by atoms with Gasteiger partial charge in [-0.25, -0.2) is 0 Å². The summed E-state index contributed by atoms with van der Waals surface area (Å²) in [5, 5.41) is 5.37. The number of benzene rings is 1. The normalized spacial score (nSPS) is 24.1. The topological polar surface area (TPSA) is 58.2 Å². The first kappa shape index (κ1) is 12.0. The van der Waals surface area contributed by atoms with Crippen LogP contribution in [0.2, 0.25) is 0 Å². The first-order chi connectivity index (χ1) is 8.20. The summed E-state index contributed by atoms with van der Waals surface area (Å²) in [7, 11) is 0. The van der Waals surface area contributed by atoms with E-state index in [0.29, 0.717) is 12.2 Å². The molecular weight excluding hydrogens is 236 g/mol. The van der Waals surface area contributed by atoms with Crippen molar-refractivity contribution in [2.75, 3.05) is 5.75 Å². The zero-order chi connectivity index (χ0) is 12.3. The molecule has 17 heavy (non-hydrogen) atoms. The number of amides is 2. The monoisotopic (exact) mass is 250 g/mol. The SMILES string of the molecule is O=C1N[C@@H](CS)C(=O)NC1Cc1ccccc1. The fourth-order valence-electron chi connectivity index (χ4n) is 1.80. The molecule has 0 radical (unpaired) electrons. The Labute approximate surface area is 105 Å². The first-order valence-electron chi connectivity index (χ1n) is 5.46. The molecule has 0 aliphatic carbocycles. The smallest absolute Gasteiger partial charge is 0.244 e. The number of nitrogens with one attached hydrogen (secondary N) is 2. The maximum absolute atomic E-state index is 11.8. The summed E-state index contributed by atoms with van der Waals surface area (Å²) in [5.74, 6) is 0.00310. The molecule has 2 amide bonds. The Morgan fingerprint density at radius 2 is 1.59 bits per heavy atom. The van der Waals surface area contributed by atoms with Gasteiger partial charge in [-0.05, 0) is 5.56 Å². The summed E-state index contributed by atoms with van der Waals surface area (Å²) < 4.78 is 0. The predicted octanol–water partition coefficient (Wildman–Crippen LogP) is 0.142. The van der Waals surface area contributed by atoms with Gasteiger partial charge < -0.3 is 10.6 Å². The van der Waals surface area contributed by atoms with Gasteiger partial charge in [-0.1, -0.05) is 30.3 Å². The lowest BCUT2D eigenvalue weighted by molar-refractivity contribution is -0.136. The Balaban J connectivity index is 2.03. The van der Waals surface area contributed by atoms with Gasteiger partial charge in [-0.3, -0.25) is 9.59 Å². The Morgan fingerprint density at radius 3 is 2.24 bits per heavy atom. The van der Waals surface area contributed by atoms with Gasteiger partial charge in [-0.15, -0.1) is 0 Å². The zero-order valence-electron chi connectivity index (χ0n) is 9.22. The molecule has 2 atom stereocenters. The lowest BCUT2D eigenvalue weighted by Gasteiger charge is -2.28. The van der Waals surface area contributed by atoms with Crippen molar-refractivity contribution in [3.8, 4) is 0 Å². The quantitative estimate of drug-likeness (QED) is 0.668. The molecule has 1 aliphatic heterocycles. The molecule has 1 saturated heterocycles. The third kappa shape index (κ3) is 2.79. The highest BCUT2D eigenvalue weighted by molar-refractivity contribution is 7.80. The Bertz CT molecular complexity index is 422. The van der Waals surface area contributed by atoms with Gasteiger partial charge in [0.25, 0.3) is 0 Å². The van der Waals surface area contributed by atoms with Crippen LogP contribution in [-0.4, -0.2) is 29.7 Å². The van der Waals surface area contributed by atoms with E-state index in [9.17, 15) is 9.59 Å². The summed E-state index contributed by atoms with van der Waals surface area (Å²) in [6.07, 6.45) is 0.512. The summed E-state index contributed by atoms with van der Waals surface area (Å²) in [5.41, 5.74) is 1.03. The molecule has 4 nitrogen and oxygen atoms in total. The van der Waals surface area contributed by atoms with Crippen LogP contribution in [0.4, 0.5) is 0 Å². The van der Waals surface area contributed by atoms with Crippen LogP contribution in [-0.2, 0) is 16.0 Å². The maximum Gasteiger partial charge on any atom is 0.244 e. The van der Waals surface area contributed by atoms with Gasteiger partial charge in [0.15, 0.2) is 0 Å². The van der Waals surface area contributed by atoms with E-state index in [1.165, 1.54) is 0 Å². The van der Waals surface area contributed by atoms with Crippen molar-refractivity contribution >= 4 is 24.4 Å². The molecule has 0 saturated carbocycles. The van der Waals surface area contributed by atoms with E-state index in [4.69, 9.17) is 0 Å². The molecular formula is C12H14N2O2S. The molecule has 2 N–H and O–H groups in total. The Kier molecular flexibility index (Phi) is 3.68. The molecule has 1 fully saturated rings. The molecule has 0 spiro atoms. The average Bonchev–Trinajstić information content (AvgIpc) is 2.34. The number of carbonyl (C=O) groups is 2. The van der Waals surface area contributed by atoms with Crippen molar-refractivity contribution in [2.45, 2.75) is 18.5 Å². The van der Waals surface area contributed by atoms with Crippen LogP contribution in [0.15, 0.2) is 30.3 Å². The van der Waals surface area contributed by atoms with E-state index in [-0.39, 0.29) is 11.8 Å². The third-order valence-electron chi connectivity index (χ3n) is 2.73. The molecule has 0 aromatic heterocycles. The summed E-state index contributed by atoms with van der Waals surface area (Å²) in [4.78, 5) is 23.4. The highest BCUT2D eigenvalue weighted by atomic mass is 32.1. The molecule has 2 rings (SSSR count). The van der Waals surface area contributed by atoms with Crippen LogP contribution >= 0.6 is 12.6 Å². The molecule has 90 valence electrons. The lowest BCUT2D eigenvalue weighted by atomic mass is 10.0. The number of rotatable bonds is 3. The van der Waals surface area contributed by atoms with E-state index in [1.54, 1.807) is 0 Å². The second-order valence-corrected chi connectivity index (χ2v) is 4.36. The minimum absolute atomic E-state index is 0.146. The average molecular weight is 250 g/mol. The molecule has 1 heterocycles. The van der Waals surface area contributed by atoms with Gasteiger partial charge in [0.05, 0.1) is 0 Å². The number of hydrogen-bond acceptors (Lipinski definition) is 3. The van der Waals surface area contributed by atoms with Gasteiger partial charge in [0, 0.05) is 12.2 Å². The van der Waals surface area contributed by atoms with Crippen LogP contribution in [0.1, 0.15) is 5.56 Å². The summed E-state index contributed by atoms with van der Waals surface area (Å²) in [6.45, 7) is 0. The molecule has 5 heteroatoms. The van der Waals surface area contributed by atoms with E-state index in [0.717, 1.165) is 5.56 Å². The number of hydrogen-bond donors (Lipinski definition) is 3. The van der Waals surface area contributed by atoms with Gasteiger partial charge in [0.2, 0.25) is 11.8 Å². The molecule has 1 aliphatic rings. The van der Waals surface area contributed by atoms with Gasteiger partial charge in [-0.2, -0.15) is 12.6 Å². The molecule has 1 unspecified atom stereocenters. The fourth-order valence-corrected chi connectivity index (χ4v) is 2.05. The van der Waals surface area contributed by atoms with Crippen molar-refractivity contribution < 1.29 is 9.59 Å². The van der Waals surface area contributed by atoms with Crippen LogP contribution in [0, 0.1) is 0 Å². The highest BCUT2D eigenvalue weighted by Gasteiger charge is 2.32. The second-order valence-electron chi connectivity index (χ2n) is 3.99. The number of carbonyl (C=O) groups excluding carboxylic acids is 2. The van der Waals surface area contributed by atoms with Crippen molar-refractivity contribution in [3.05, 3.63) is 35.9 Å². The Hall–Kier alpha value is -1.49. The van der Waals surface area contributed by atoms with Crippen molar-refractivity contribution in [1.82, 2.24) is 10.6 Å². The largest absolute Gasteiger partial charge is 0.342 e. The van der Waals surface area contributed by atoms with Crippen LogP contribution in [0.5, 0.6) is 0 Å². The molecule has 0 bridgehead atoms. The summed E-state index contributed by atoms with van der Waals surface area (Å²) in [6, 6.07) is 8.61. The third-order valence-corrected chi connectivity index (χ3v) is 3.10. The number of thiol groups is 1. The highest BCUT2D eigenvalue weighted by Crippen LogP contribution is 2.07. The zero-order valence-corrected chi connectivity index (χ0v) is 10.1. The lowest BCUT2D eigenvalue weighted by Crippen LogP contribution is -2.62. The maximum atomic E-state index is 11.8. The van der Waals surface area contributed by atoms with E-state index in [1.807, 2.05) is 30.3 Å². The van der Waals surface area contributed by atoms with Gasteiger partial charge in [0.1, 0.15) is 12.1 Å². The van der Waals surface area contributed by atoms with E-state index < -0.39 is 12.1 Å². The van der Waals surface area contributed by atoms with Gasteiger partial charge >= 0.3 is 0 Å².